The van der Waals surface area contributed by atoms with Gasteiger partial charge in [-0.25, -0.2) is 0 Å². The van der Waals surface area contributed by atoms with Gasteiger partial charge in [-0.3, -0.25) is 9.59 Å². The summed E-state index contributed by atoms with van der Waals surface area (Å²) >= 11 is 5.44. The summed E-state index contributed by atoms with van der Waals surface area (Å²) in [4.78, 5) is 22.3. The first-order valence-corrected chi connectivity index (χ1v) is 6.85. The van der Waals surface area contributed by atoms with Gasteiger partial charge in [-0.15, -0.1) is 11.6 Å². The number of Topliss-reactive ketones (excluding diaryl/α,β-unsaturated/α-hetero) is 2. The molecule has 0 aliphatic carbocycles. The average molecular weight is 339 g/mol. The first-order valence-electron chi connectivity index (χ1n) is 6.32. The van der Waals surface area contributed by atoms with Gasteiger partial charge in [0.2, 0.25) is 5.78 Å². The number of hydrogen-bond acceptors (Lipinski definition) is 4. The van der Waals surface area contributed by atoms with Crippen LogP contribution in [0, 0.1) is 0 Å². The summed E-state index contributed by atoms with van der Waals surface area (Å²) in [7, 11) is 0. The van der Waals surface area contributed by atoms with Gasteiger partial charge in [-0.1, -0.05) is 24.3 Å². The standard InChI is InChI=1S/C14H14ClF3O4/c15-6-5-10(19)13(22)9-3-1-8(2-4-9)11(20)7-12(21)14(16,17)18/h1-4,10,13,19,22H,5-7H2. The Kier molecular flexibility index (Phi) is 6.52. The van der Waals surface area contributed by atoms with Gasteiger partial charge in [-0.2, -0.15) is 13.2 Å². The fourth-order valence-corrected chi connectivity index (χ4v) is 1.93. The summed E-state index contributed by atoms with van der Waals surface area (Å²) in [5, 5.41) is 19.4. The zero-order chi connectivity index (χ0) is 16.9. The molecule has 22 heavy (non-hydrogen) atoms. The van der Waals surface area contributed by atoms with E-state index in [1.807, 2.05) is 0 Å². The Balaban J connectivity index is 2.76. The molecular weight excluding hydrogens is 325 g/mol. The topological polar surface area (TPSA) is 74.6 Å². The Labute approximate surface area is 129 Å². The first kappa shape index (κ1) is 18.6. The molecule has 0 saturated carbocycles. The van der Waals surface area contributed by atoms with Gasteiger partial charge in [0.05, 0.1) is 12.5 Å². The third-order valence-corrected chi connectivity index (χ3v) is 3.20. The molecule has 2 atom stereocenters. The van der Waals surface area contributed by atoms with E-state index in [4.69, 9.17) is 11.6 Å². The molecule has 0 amide bonds. The van der Waals surface area contributed by atoms with Crippen molar-refractivity contribution in [1.29, 1.82) is 0 Å². The van der Waals surface area contributed by atoms with Crippen LogP contribution in [-0.4, -0.2) is 39.9 Å². The number of ketones is 2. The SMILES string of the molecule is O=C(CC(=O)C(F)(F)F)c1ccc(C(O)C(O)CCCl)cc1. The summed E-state index contributed by atoms with van der Waals surface area (Å²) in [6.45, 7) is 0. The fourth-order valence-electron chi connectivity index (χ4n) is 1.71. The molecule has 0 bridgehead atoms. The Morgan fingerprint density at radius 1 is 1.14 bits per heavy atom. The zero-order valence-electron chi connectivity index (χ0n) is 11.3. The molecule has 4 nitrogen and oxygen atoms in total. The number of alkyl halides is 4. The van der Waals surface area contributed by atoms with Crippen LogP contribution < -0.4 is 0 Å². The van der Waals surface area contributed by atoms with Crippen molar-refractivity contribution in [3.63, 3.8) is 0 Å². The second-order valence-corrected chi connectivity index (χ2v) is 5.01. The molecule has 0 fully saturated rings. The molecule has 0 spiro atoms. The Hall–Kier alpha value is -1.44. The number of aliphatic hydroxyl groups is 2. The number of rotatable bonds is 7. The van der Waals surface area contributed by atoms with Crippen LogP contribution in [0.2, 0.25) is 0 Å². The minimum Gasteiger partial charge on any atom is -0.390 e. The monoisotopic (exact) mass is 338 g/mol. The van der Waals surface area contributed by atoms with Gasteiger partial charge in [0, 0.05) is 11.4 Å². The minimum atomic E-state index is -5.04. The van der Waals surface area contributed by atoms with Crippen LogP contribution in [0.1, 0.15) is 34.9 Å². The lowest BCUT2D eigenvalue weighted by atomic mass is 9.99. The van der Waals surface area contributed by atoms with E-state index in [-0.39, 0.29) is 23.4 Å². The highest BCUT2D eigenvalue weighted by Crippen LogP contribution is 2.22. The number of halogens is 4. The second kappa shape index (κ2) is 7.71. The van der Waals surface area contributed by atoms with E-state index in [2.05, 4.69) is 0 Å². The number of benzene rings is 1. The lowest BCUT2D eigenvalue weighted by molar-refractivity contribution is -0.170. The highest BCUT2D eigenvalue weighted by molar-refractivity contribution is 6.17. The van der Waals surface area contributed by atoms with Crippen molar-refractivity contribution in [2.45, 2.75) is 31.2 Å². The van der Waals surface area contributed by atoms with E-state index in [1.165, 1.54) is 24.3 Å². The highest BCUT2D eigenvalue weighted by atomic mass is 35.5. The van der Waals surface area contributed by atoms with Crippen molar-refractivity contribution < 1.29 is 33.0 Å². The predicted molar refractivity (Wildman–Crippen MR) is 72.8 cm³/mol. The smallest absolute Gasteiger partial charge is 0.390 e. The molecule has 122 valence electrons. The molecule has 8 heteroatoms. The maximum atomic E-state index is 12.1. The quantitative estimate of drug-likeness (QED) is 0.455. The summed E-state index contributed by atoms with van der Waals surface area (Å²) < 4.78 is 36.2. The van der Waals surface area contributed by atoms with Gasteiger partial charge in [0.25, 0.3) is 0 Å². The molecule has 0 aliphatic rings. The molecule has 0 heterocycles. The van der Waals surface area contributed by atoms with E-state index in [0.29, 0.717) is 0 Å². The summed E-state index contributed by atoms with van der Waals surface area (Å²) in [5.74, 6) is -2.93. The van der Waals surface area contributed by atoms with Gasteiger partial charge in [0.1, 0.15) is 6.10 Å². The highest BCUT2D eigenvalue weighted by Gasteiger charge is 2.39. The van der Waals surface area contributed by atoms with Crippen molar-refractivity contribution in [3.8, 4) is 0 Å². The summed E-state index contributed by atoms with van der Waals surface area (Å²) in [6.07, 6.45) is -8.47. The van der Waals surface area contributed by atoms with E-state index < -0.39 is 36.4 Å². The van der Waals surface area contributed by atoms with Crippen LogP contribution in [-0.2, 0) is 4.79 Å². The van der Waals surface area contributed by atoms with Crippen molar-refractivity contribution in [2.24, 2.45) is 0 Å². The largest absolute Gasteiger partial charge is 0.450 e. The number of carbonyl (C=O) groups excluding carboxylic acids is 2. The van der Waals surface area contributed by atoms with Crippen molar-refractivity contribution in [2.75, 3.05) is 5.88 Å². The molecule has 0 aromatic heterocycles. The molecule has 2 unspecified atom stereocenters. The Morgan fingerprint density at radius 2 is 1.68 bits per heavy atom. The van der Waals surface area contributed by atoms with Crippen LogP contribution in [0.5, 0.6) is 0 Å². The van der Waals surface area contributed by atoms with Crippen LogP contribution in [0.15, 0.2) is 24.3 Å². The van der Waals surface area contributed by atoms with Crippen LogP contribution in [0.25, 0.3) is 0 Å². The Bertz CT molecular complexity index is 528. The normalized spacial score (nSPS) is 14.5. The van der Waals surface area contributed by atoms with Gasteiger partial charge >= 0.3 is 6.18 Å². The summed E-state index contributed by atoms with van der Waals surface area (Å²) in [5.41, 5.74) is 0.205. The molecule has 0 aliphatic heterocycles. The van der Waals surface area contributed by atoms with Gasteiger partial charge in [0.15, 0.2) is 5.78 Å². The molecule has 1 aromatic rings. The second-order valence-electron chi connectivity index (χ2n) is 4.63. The first-order chi connectivity index (χ1) is 10.2. The lowest BCUT2D eigenvalue weighted by Crippen LogP contribution is -2.25. The predicted octanol–water partition coefficient (Wildman–Crippen LogP) is 2.41. The molecule has 0 radical (unpaired) electrons. The lowest BCUT2D eigenvalue weighted by Gasteiger charge is -2.17. The van der Waals surface area contributed by atoms with Crippen molar-refractivity contribution in [1.82, 2.24) is 0 Å². The fraction of sp³-hybridized carbons (Fsp3) is 0.429. The zero-order valence-corrected chi connectivity index (χ0v) is 12.1. The molecule has 1 rings (SSSR count). The van der Waals surface area contributed by atoms with Crippen LogP contribution in [0.3, 0.4) is 0 Å². The number of carbonyl (C=O) groups is 2. The van der Waals surface area contributed by atoms with E-state index in [0.717, 1.165) is 0 Å². The molecule has 1 aromatic carbocycles. The number of hydrogen-bond donors (Lipinski definition) is 2. The number of aliphatic hydroxyl groups excluding tert-OH is 2. The minimum absolute atomic E-state index is 0.0830. The third kappa shape index (κ3) is 5.08. The van der Waals surface area contributed by atoms with E-state index >= 15 is 0 Å². The molecule has 0 saturated heterocycles. The van der Waals surface area contributed by atoms with Crippen LogP contribution in [0.4, 0.5) is 13.2 Å². The van der Waals surface area contributed by atoms with Crippen molar-refractivity contribution in [3.05, 3.63) is 35.4 Å². The van der Waals surface area contributed by atoms with E-state index in [9.17, 15) is 33.0 Å². The van der Waals surface area contributed by atoms with Gasteiger partial charge < -0.3 is 10.2 Å². The molecule has 2 N–H and O–H groups in total. The summed E-state index contributed by atoms with van der Waals surface area (Å²) in [6, 6.07) is 4.98. The van der Waals surface area contributed by atoms with Gasteiger partial charge in [-0.05, 0) is 12.0 Å². The Morgan fingerprint density at radius 3 is 2.14 bits per heavy atom. The van der Waals surface area contributed by atoms with Crippen molar-refractivity contribution >= 4 is 23.2 Å². The maximum Gasteiger partial charge on any atom is 0.450 e. The maximum absolute atomic E-state index is 12.1. The van der Waals surface area contributed by atoms with Crippen LogP contribution >= 0.6 is 11.6 Å². The van der Waals surface area contributed by atoms with E-state index in [1.54, 1.807) is 0 Å². The average Bonchev–Trinajstić information content (AvgIpc) is 2.45. The third-order valence-electron chi connectivity index (χ3n) is 2.98. The molecular formula is C14H14ClF3O4.